The van der Waals surface area contributed by atoms with E-state index < -0.39 is 29.4 Å². The van der Waals surface area contributed by atoms with Crippen LogP contribution in [0.1, 0.15) is 17.2 Å². The van der Waals surface area contributed by atoms with Gasteiger partial charge in [0.05, 0.1) is 7.11 Å². The molecule has 0 aromatic heterocycles. The number of imide groups is 2. The van der Waals surface area contributed by atoms with E-state index in [0.717, 1.165) is 0 Å². The monoisotopic (exact) mass is 352 g/mol. The third-order valence-corrected chi connectivity index (χ3v) is 4.80. The topological polar surface area (TPSA) is 93.7 Å². The first-order chi connectivity index (χ1) is 12.6. The van der Waals surface area contributed by atoms with Crippen LogP contribution in [-0.2, 0) is 16.0 Å². The van der Waals surface area contributed by atoms with Crippen LogP contribution in [0.5, 0.6) is 11.5 Å². The van der Waals surface area contributed by atoms with E-state index >= 15 is 0 Å². The van der Waals surface area contributed by atoms with Crippen molar-refractivity contribution >= 4 is 17.8 Å². The number of carbonyl (C=O) groups excluding carboxylic acids is 3. The van der Waals surface area contributed by atoms with Crippen molar-refractivity contribution in [3.63, 3.8) is 0 Å². The van der Waals surface area contributed by atoms with Gasteiger partial charge < -0.3 is 9.47 Å². The van der Waals surface area contributed by atoms with Gasteiger partial charge in [0, 0.05) is 6.42 Å². The largest absolute Gasteiger partial charge is 0.493 e. The number of barbiturate groups is 1. The molecule has 1 spiro atoms. The number of hydrogen-bond donors (Lipinski definition) is 2. The number of fused-ring (bicyclic) bond motifs is 1. The molecule has 1 saturated heterocycles. The minimum atomic E-state index is -1.59. The van der Waals surface area contributed by atoms with Crippen LogP contribution in [0, 0.1) is 5.41 Å². The highest BCUT2D eigenvalue weighted by Crippen LogP contribution is 2.50. The number of nitrogens with one attached hydrogen (secondary N) is 2. The second kappa shape index (κ2) is 5.87. The van der Waals surface area contributed by atoms with Gasteiger partial charge in [0.25, 0.3) is 0 Å². The van der Waals surface area contributed by atoms with Gasteiger partial charge in [-0.05, 0) is 17.2 Å². The fraction of sp³-hybridized carbons (Fsp3) is 0.211. The summed E-state index contributed by atoms with van der Waals surface area (Å²) in [5, 5.41) is 4.42. The Bertz CT molecular complexity index is 889. The number of benzene rings is 2. The third kappa shape index (κ3) is 2.24. The van der Waals surface area contributed by atoms with Gasteiger partial charge in [-0.15, -0.1) is 0 Å². The lowest BCUT2D eigenvalue weighted by Gasteiger charge is -2.43. The molecule has 7 nitrogen and oxygen atoms in total. The zero-order valence-corrected chi connectivity index (χ0v) is 13.9. The van der Waals surface area contributed by atoms with Crippen LogP contribution < -0.4 is 20.1 Å². The Kier molecular flexibility index (Phi) is 3.64. The van der Waals surface area contributed by atoms with Crippen LogP contribution in [0.3, 0.4) is 0 Å². The number of methoxy groups -OCH3 is 1. The highest BCUT2D eigenvalue weighted by Gasteiger charge is 2.60. The molecule has 1 atom stereocenters. The van der Waals surface area contributed by atoms with E-state index in [4.69, 9.17) is 9.47 Å². The summed E-state index contributed by atoms with van der Waals surface area (Å²) in [6.45, 7) is 0. The molecule has 0 unspecified atom stereocenters. The number of urea groups is 1. The standard InChI is InChI=1S/C19H16N2O5/c1-25-13-9-5-8-12-10-19(16(22)20-18(24)21-17(19)23)15(26-14(12)13)11-6-3-2-4-7-11/h2-9,15H,10H2,1H3,(H2,20,21,22,23,24)/t15-/m0/s1. The van der Waals surface area contributed by atoms with E-state index in [1.165, 1.54) is 7.11 Å². The quantitative estimate of drug-likeness (QED) is 0.803. The van der Waals surface area contributed by atoms with E-state index in [2.05, 4.69) is 10.6 Å². The second-order valence-corrected chi connectivity index (χ2v) is 6.24. The number of ether oxygens (including phenoxy) is 2. The van der Waals surface area contributed by atoms with Gasteiger partial charge in [0.1, 0.15) is 6.10 Å². The predicted molar refractivity (Wildman–Crippen MR) is 90.6 cm³/mol. The Hall–Kier alpha value is -3.35. The first-order valence-electron chi connectivity index (χ1n) is 8.10. The maximum absolute atomic E-state index is 12.8. The van der Waals surface area contributed by atoms with Gasteiger partial charge in [-0.2, -0.15) is 0 Å². The summed E-state index contributed by atoms with van der Waals surface area (Å²) in [5.41, 5.74) is -0.269. The van der Waals surface area contributed by atoms with Crippen LogP contribution in [0.25, 0.3) is 0 Å². The molecular formula is C19H16N2O5. The normalized spacial score (nSPS) is 20.7. The van der Waals surface area contributed by atoms with E-state index in [-0.39, 0.29) is 6.42 Å². The summed E-state index contributed by atoms with van der Waals surface area (Å²) in [6.07, 6.45) is -0.815. The Morgan fingerprint density at radius 2 is 1.69 bits per heavy atom. The summed E-state index contributed by atoms with van der Waals surface area (Å²) < 4.78 is 11.5. The fourth-order valence-electron chi connectivity index (χ4n) is 3.55. The predicted octanol–water partition coefficient (Wildman–Crippen LogP) is 1.72. The molecule has 0 bridgehead atoms. The van der Waals surface area contributed by atoms with E-state index in [1.54, 1.807) is 42.5 Å². The Morgan fingerprint density at radius 1 is 1.00 bits per heavy atom. The molecule has 4 amide bonds. The lowest BCUT2D eigenvalue weighted by molar-refractivity contribution is -0.153. The van der Waals surface area contributed by atoms with E-state index in [0.29, 0.717) is 22.6 Å². The molecule has 0 aliphatic carbocycles. The van der Waals surface area contributed by atoms with Crippen molar-refractivity contribution in [1.29, 1.82) is 0 Å². The zero-order chi connectivity index (χ0) is 18.3. The van der Waals surface area contributed by atoms with E-state index in [9.17, 15) is 14.4 Å². The lowest BCUT2D eigenvalue weighted by Crippen LogP contribution is -2.66. The first-order valence-corrected chi connectivity index (χ1v) is 8.10. The van der Waals surface area contributed by atoms with Crippen LogP contribution >= 0.6 is 0 Å². The summed E-state index contributed by atoms with van der Waals surface area (Å²) in [4.78, 5) is 37.2. The molecular weight excluding hydrogens is 336 g/mol. The molecule has 2 aromatic rings. The summed E-state index contributed by atoms with van der Waals surface area (Å²) >= 11 is 0. The number of para-hydroxylation sites is 1. The van der Waals surface area contributed by atoms with Gasteiger partial charge in [0.2, 0.25) is 11.8 Å². The number of amides is 4. The molecule has 1 fully saturated rings. The molecule has 2 aromatic carbocycles. The molecule has 2 aliphatic rings. The third-order valence-electron chi connectivity index (χ3n) is 4.80. The SMILES string of the molecule is COc1cccc2c1O[C@@H](c1ccccc1)C1(C2)C(=O)NC(=O)NC1=O. The van der Waals surface area contributed by atoms with Gasteiger partial charge in [-0.3, -0.25) is 20.2 Å². The van der Waals surface area contributed by atoms with Gasteiger partial charge >= 0.3 is 6.03 Å². The van der Waals surface area contributed by atoms with Crippen molar-refractivity contribution in [2.75, 3.05) is 7.11 Å². The molecule has 2 heterocycles. The Morgan fingerprint density at radius 3 is 2.35 bits per heavy atom. The zero-order valence-electron chi connectivity index (χ0n) is 13.9. The van der Waals surface area contributed by atoms with Crippen LogP contribution in [0.4, 0.5) is 4.79 Å². The average molecular weight is 352 g/mol. The highest BCUT2D eigenvalue weighted by atomic mass is 16.5. The van der Waals surface area contributed by atoms with Crippen LogP contribution in [0.2, 0.25) is 0 Å². The summed E-state index contributed by atoms with van der Waals surface area (Å²) in [7, 11) is 1.53. The maximum atomic E-state index is 12.8. The van der Waals surface area contributed by atoms with Crippen molar-refractivity contribution in [3.05, 3.63) is 59.7 Å². The molecule has 26 heavy (non-hydrogen) atoms. The molecule has 4 rings (SSSR count). The fourth-order valence-corrected chi connectivity index (χ4v) is 3.55. The summed E-state index contributed by atoms with van der Waals surface area (Å²) in [5.74, 6) is -0.333. The van der Waals surface area contributed by atoms with Crippen molar-refractivity contribution in [2.45, 2.75) is 12.5 Å². The van der Waals surface area contributed by atoms with Crippen LogP contribution in [-0.4, -0.2) is 25.0 Å². The lowest BCUT2D eigenvalue weighted by atomic mass is 9.70. The smallest absolute Gasteiger partial charge is 0.328 e. The van der Waals surface area contributed by atoms with Crippen LogP contribution in [0.15, 0.2) is 48.5 Å². The molecule has 7 heteroatoms. The number of rotatable bonds is 2. The second-order valence-electron chi connectivity index (χ2n) is 6.24. The van der Waals surface area contributed by atoms with Crippen molar-refractivity contribution < 1.29 is 23.9 Å². The molecule has 132 valence electrons. The minimum Gasteiger partial charge on any atom is -0.493 e. The molecule has 2 N–H and O–H groups in total. The first kappa shape index (κ1) is 16.1. The Balaban J connectivity index is 1.92. The van der Waals surface area contributed by atoms with Crippen molar-refractivity contribution in [2.24, 2.45) is 5.41 Å². The maximum Gasteiger partial charge on any atom is 0.328 e. The number of hydrogen-bond acceptors (Lipinski definition) is 5. The number of carbonyl (C=O) groups is 3. The molecule has 0 saturated carbocycles. The molecule has 0 radical (unpaired) electrons. The average Bonchev–Trinajstić information content (AvgIpc) is 2.65. The van der Waals surface area contributed by atoms with Gasteiger partial charge in [-0.1, -0.05) is 42.5 Å². The Labute approximate surface area is 149 Å². The summed E-state index contributed by atoms with van der Waals surface area (Å²) in [6, 6.07) is 13.5. The molecule has 2 aliphatic heterocycles. The van der Waals surface area contributed by atoms with Gasteiger partial charge in [0.15, 0.2) is 16.9 Å². The van der Waals surface area contributed by atoms with Crippen molar-refractivity contribution in [3.8, 4) is 11.5 Å². The minimum absolute atomic E-state index is 0.0873. The van der Waals surface area contributed by atoms with Gasteiger partial charge in [-0.25, -0.2) is 4.79 Å². The van der Waals surface area contributed by atoms with Crippen molar-refractivity contribution in [1.82, 2.24) is 10.6 Å². The highest BCUT2D eigenvalue weighted by molar-refractivity contribution is 6.20. The van der Waals surface area contributed by atoms with E-state index in [1.807, 2.05) is 6.07 Å².